The van der Waals surface area contributed by atoms with Crippen LogP contribution in [0, 0.1) is 11.6 Å². The average molecular weight is 328 g/mol. The van der Waals surface area contributed by atoms with Crippen LogP contribution in [0.4, 0.5) is 8.78 Å². The molecule has 3 aromatic rings. The molecular weight excluding hydrogens is 320 g/mol. The summed E-state index contributed by atoms with van der Waals surface area (Å²) in [5.74, 6) is -1.98. The van der Waals surface area contributed by atoms with Crippen molar-refractivity contribution in [2.75, 3.05) is 0 Å². The summed E-state index contributed by atoms with van der Waals surface area (Å²) in [6.07, 6.45) is 0. The summed E-state index contributed by atoms with van der Waals surface area (Å²) in [7, 11) is 0. The Labute approximate surface area is 126 Å². The minimum absolute atomic E-state index is 0.0633. The van der Waals surface area contributed by atoms with Gasteiger partial charge in [0.15, 0.2) is 22.7 Å². The van der Waals surface area contributed by atoms with E-state index in [1.54, 1.807) is 24.3 Å². The zero-order valence-electron chi connectivity index (χ0n) is 10.5. The van der Waals surface area contributed by atoms with Crippen LogP contribution >= 0.6 is 11.6 Å². The van der Waals surface area contributed by atoms with Gasteiger partial charge in [-0.2, -0.15) is 4.98 Å². The predicted molar refractivity (Wildman–Crippen MR) is 75.5 cm³/mol. The quantitative estimate of drug-likeness (QED) is 0.681. The smallest absolute Gasteiger partial charge is 0.416 e. The second-order valence-electron chi connectivity index (χ2n) is 4.30. The molecule has 0 bridgehead atoms. The van der Waals surface area contributed by atoms with Gasteiger partial charge in [-0.1, -0.05) is 23.7 Å². The summed E-state index contributed by atoms with van der Waals surface area (Å²) in [6.45, 7) is 0. The van der Waals surface area contributed by atoms with Crippen LogP contribution in [0.5, 0.6) is 0 Å². The van der Waals surface area contributed by atoms with Gasteiger partial charge in [0, 0.05) is 10.6 Å². The van der Waals surface area contributed by atoms with E-state index in [4.69, 9.17) is 16.0 Å². The van der Waals surface area contributed by atoms with E-state index in [9.17, 15) is 13.3 Å². The van der Waals surface area contributed by atoms with Gasteiger partial charge in [-0.05, 0) is 24.3 Å². The Bertz CT molecular complexity index is 792. The van der Waals surface area contributed by atoms with Gasteiger partial charge in [0.2, 0.25) is 0 Å². The minimum Gasteiger partial charge on any atom is -0.607 e. The SMILES string of the molecule is [O-][S+](Cc1ccc(Cl)cc1)c1nc2c(F)c(F)ccc2o1. The first kappa shape index (κ1) is 14.3. The number of fused-ring (bicyclic) bond motifs is 1. The molecule has 0 saturated carbocycles. The van der Waals surface area contributed by atoms with Crippen molar-refractivity contribution in [1.82, 2.24) is 4.98 Å². The molecule has 0 aliphatic heterocycles. The topological polar surface area (TPSA) is 49.1 Å². The molecule has 0 saturated heterocycles. The lowest BCUT2D eigenvalue weighted by atomic mass is 10.2. The number of aromatic nitrogens is 1. The molecule has 0 spiro atoms. The van der Waals surface area contributed by atoms with Crippen molar-refractivity contribution in [2.24, 2.45) is 0 Å². The number of rotatable bonds is 3. The van der Waals surface area contributed by atoms with E-state index in [2.05, 4.69) is 4.98 Å². The fourth-order valence-electron chi connectivity index (χ4n) is 1.81. The zero-order valence-corrected chi connectivity index (χ0v) is 12.0. The van der Waals surface area contributed by atoms with Crippen LogP contribution in [0.1, 0.15) is 5.56 Å². The van der Waals surface area contributed by atoms with Crippen molar-refractivity contribution >= 4 is 33.9 Å². The fraction of sp³-hybridized carbons (Fsp3) is 0.0714. The monoisotopic (exact) mass is 327 g/mol. The lowest BCUT2D eigenvalue weighted by Crippen LogP contribution is -2.05. The summed E-state index contributed by atoms with van der Waals surface area (Å²) in [6, 6.07) is 9.00. The third-order valence-corrected chi connectivity index (χ3v) is 4.25. The van der Waals surface area contributed by atoms with Crippen LogP contribution in [-0.2, 0) is 16.9 Å². The highest BCUT2D eigenvalue weighted by Crippen LogP contribution is 2.25. The summed E-state index contributed by atoms with van der Waals surface area (Å²) in [5.41, 5.74) is 0.578. The molecular formula is C14H8ClF2NO2S. The Morgan fingerprint density at radius 1 is 1.14 bits per heavy atom. The molecule has 2 aromatic carbocycles. The highest BCUT2D eigenvalue weighted by molar-refractivity contribution is 7.90. The Hall–Kier alpha value is -1.63. The van der Waals surface area contributed by atoms with Gasteiger partial charge in [0.25, 0.3) is 0 Å². The Morgan fingerprint density at radius 2 is 1.86 bits per heavy atom. The number of oxazole rings is 1. The van der Waals surface area contributed by atoms with Gasteiger partial charge in [-0.25, -0.2) is 8.78 Å². The second kappa shape index (κ2) is 5.63. The summed E-state index contributed by atoms with van der Waals surface area (Å²) < 4.78 is 44.0. The van der Waals surface area contributed by atoms with Crippen molar-refractivity contribution in [3.05, 3.63) is 58.6 Å². The first-order chi connectivity index (χ1) is 10.0. The summed E-state index contributed by atoms with van der Waals surface area (Å²) in [5, 5.41) is 0.438. The molecule has 21 heavy (non-hydrogen) atoms. The molecule has 108 valence electrons. The van der Waals surface area contributed by atoms with E-state index in [0.29, 0.717) is 5.02 Å². The van der Waals surface area contributed by atoms with E-state index in [1.165, 1.54) is 6.07 Å². The van der Waals surface area contributed by atoms with Gasteiger partial charge in [-0.3, -0.25) is 0 Å². The van der Waals surface area contributed by atoms with Gasteiger partial charge in [0.05, 0.1) is 11.2 Å². The number of benzene rings is 2. The van der Waals surface area contributed by atoms with Crippen LogP contribution in [0.15, 0.2) is 46.0 Å². The fourth-order valence-corrected chi connectivity index (χ4v) is 2.93. The molecule has 1 unspecified atom stereocenters. The molecule has 7 heteroatoms. The van der Waals surface area contributed by atoms with E-state index >= 15 is 0 Å². The number of hydrogen-bond donors (Lipinski definition) is 0. The predicted octanol–water partition coefficient (Wildman–Crippen LogP) is 4.07. The van der Waals surface area contributed by atoms with E-state index < -0.39 is 22.8 Å². The highest BCUT2D eigenvalue weighted by atomic mass is 35.5. The maximum atomic E-state index is 13.5. The van der Waals surface area contributed by atoms with Crippen molar-refractivity contribution in [1.29, 1.82) is 0 Å². The van der Waals surface area contributed by atoms with Crippen LogP contribution in [0.3, 0.4) is 0 Å². The van der Waals surface area contributed by atoms with E-state index in [-0.39, 0.29) is 22.1 Å². The minimum atomic E-state index is -1.60. The Balaban J connectivity index is 1.89. The number of hydrogen-bond acceptors (Lipinski definition) is 3. The van der Waals surface area contributed by atoms with E-state index in [1.807, 2.05) is 0 Å². The van der Waals surface area contributed by atoms with Crippen molar-refractivity contribution in [3.63, 3.8) is 0 Å². The lowest BCUT2D eigenvalue weighted by Gasteiger charge is -2.05. The summed E-state index contributed by atoms with van der Waals surface area (Å²) >= 11 is 4.17. The molecule has 3 rings (SSSR count). The van der Waals surface area contributed by atoms with Crippen LogP contribution in [0.25, 0.3) is 11.1 Å². The van der Waals surface area contributed by atoms with E-state index in [0.717, 1.165) is 11.6 Å². The van der Waals surface area contributed by atoms with Crippen molar-refractivity contribution in [3.8, 4) is 0 Å². The summed E-state index contributed by atoms with van der Waals surface area (Å²) in [4.78, 5) is 3.78. The third-order valence-electron chi connectivity index (χ3n) is 2.84. The van der Waals surface area contributed by atoms with Gasteiger partial charge in [-0.15, -0.1) is 0 Å². The lowest BCUT2D eigenvalue weighted by molar-refractivity contribution is 0.458. The molecule has 3 nitrogen and oxygen atoms in total. The molecule has 0 N–H and O–H groups in total. The van der Waals surface area contributed by atoms with Crippen LogP contribution < -0.4 is 0 Å². The zero-order chi connectivity index (χ0) is 15.0. The van der Waals surface area contributed by atoms with Gasteiger partial charge < -0.3 is 8.97 Å². The molecule has 0 radical (unpaired) electrons. The maximum Gasteiger partial charge on any atom is 0.416 e. The second-order valence-corrected chi connectivity index (χ2v) is 6.07. The Kier molecular flexibility index (Phi) is 3.84. The van der Waals surface area contributed by atoms with Crippen molar-refractivity contribution in [2.45, 2.75) is 11.0 Å². The van der Waals surface area contributed by atoms with Crippen molar-refractivity contribution < 1.29 is 17.8 Å². The number of halogens is 3. The highest BCUT2D eigenvalue weighted by Gasteiger charge is 2.22. The first-order valence-electron chi connectivity index (χ1n) is 5.92. The molecule has 1 aromatic heterocycles. The maximum absolute atomic E-state index is 13.5. The Morgan fingerprint density at radius 3 is 2.57 bits per heavy atom. The molecule has 0 aliphatic rings. The third kappa shape index (κ3) is 2.88. The standard InChI is InChI=1S/C14H8ClF2NO2S/c15-9-3-1-8(2-4-9)7-21(19)14-18-13-11(20-14)6-5-10(16)12(13)17/h1-6H,7H2. The first-order valence-corrected chi connectivity index (χ1v) is 7.61. The largest absolute Gasteiger partial charge is 0.607 e. The molecule has 1 atom stereocenters. The van der Waals surface area contributed by atoms with Gasteiger partial charge in [0.1, 0.15) is 5.75 Å². The molecule has 0 aliphatic carbocycles. The van der Waals surface area contributed by atoms with Gasteiger partial charge >= 0.3 is 5.22 Å². The van der Waals surface area contributed by atoms with Crippen LogP contribution in [0.2, 0.25) is 5.02 Å². The molecule has 0 amide bonds. The van der Waals surface area contributed by atoms with Crippen LogP contribution in [-0.4, -0.2) is 9.54 Å². The average Bonchev–Trinajstić information content (AvgIpc) is 2.90. The molecule has 1 heterocycles. The molecule has 0 fully saturated rings. The normalized spacial score (nSPS) is 12.8. The number of nitrogens with zero attached hydrogens (tertiary/aromatic N) is 1.